The number of hydrogen-bond acceptors (Lipinski definition) is 3. The van der Waals surface area contributed by atoms with Gasteiger partial charge in [-0.15, -0.1) is 0 Å². The highest BCUT2D eigenvalue weighted by molar-refractivity contribution is 5.86. The molecular formula is C19H17O4+. The van der Waals surface area contributed by atoms with Gasteiger partial charge in [-0.1, -0.05) is 0 Å². The Labute approximate surface area is 134 Å². The zero-order chi connectivity index (χ0) is 16.0. The van der Waals surface area contributed by atoms with E-state index < -0.39 is 0 Å². The number of hydrogen-bond donors (Lipinski definition) is 0. The monoisotopic (exact) mass is 309 g/mol. The second kappa shape index (κ2) is 5.16. The fraction of sp³-hybridized carbons (Fsp3) is 0.211. The van der Waals surface area contributed by atoms with E-state index in [9.17, 15) is 0 Å². The van der Waals surface area contributed by atoms with E-state index in [1.165, 1.54) is 11.1 Å². The van der Waals surface area contributed by atoms with Crippen LogP contribution in [0.1, 0.15) is 11.1 Å². The maximum absolute atomic E-state index is 6.17. The molecule has 0 saturated heterocycles. The predicted octanol–water partition coefficient (Wildman–Crippen LogP) is 4.31. The molecule has 0 spiro atoms. The largest absolute Gasteiger partial charge is 0.497 e. The maximum atomic E-state index is 6.17. The van der Waals surface area contributed by atoms with Gasteiger partial charge in [0.2, 0.25) is 0 Å². The van der Waals surface area contributed by atoms with Crippen molar-refractivity contribution in [2.45, 2.75) is 6.42 Å². The average Bonchev–Trinajstić information content (AvgIpc) is 2.94. The van der Waals surface area contributed by atoms with Gasteiger partial charge in [-0.05, 0) is 29.8 Å². The number of rotatable bonds is 3. The Balaban J connectivity index is 1.91. The Bertz CT molecular complexity index is 915. The third-order valence-electron chi connectivity index (χ3n) is 4.29. The van der Waals surface area contributed by atoms with Gasteiger partial charge in [0.15, 0.2) is 11.5 Å². The lowest BCUT2D eigenvalue weighted by Crippen LogP contribution is -1.91. The molecule has 0 atom stereocenters. The maximum Gasteiger partial charge on any atom is 0.364 e. The standard InChI is InChI=1S/C19H17O4/c1-20-14-4-5-15-11(8-14)6-13-7-12-9-17(21-2)18(22-3)10-16(12)23-19(13)15/h4-5,7-10H,6H2,1-3H3/q+1. The zero-order valence-electron chi connectivity index (χ0n) is 13.3. The molecule has 1 aliphatic rings. The summed E-state index contributed by atoms with van der Waals surface area (Å²) in [5.41, 5.74) is 4.30. The molecule has 0 aliphatic heterocycles. The molecule has 23 heavy (non-hydrogen) atoms. The average molecular weight is 309 g/mol. The van der Waals surface area contributed by atoms with Gasteiger partial charge in [-0.25, -0.2) is 4.42 Å². The van der Waals surface area contributed by atoms with Crippen molar-refractivity contribution in [1.29, 1.82) is 0 Å². The van der Waals surface area contributed by atoms with Crippen molar-refractivity contribution in [3.8, 4) is 28.6 Å². The molecule has 1 aliphatic carbocycles. The molecule has 0 N–H and O–H groups in total. The number of fused-ring (bicyclic) bond motifs is 4. The molecule has 0 saturated carbocycles. The molecule has 1 aromatic heterocycles. The molecule has 0 fully saturated rings. The first-order valence-corrected chi connectivity index (χ1v) is 7.42. The molecule has 0 radical (unpaired) electrons. The fourth-order valence-electron chi connectivity index (χ4n) is 3.14. The summed E-state index contributed by atoms with van der Waals surface area (Å²) >= 11 is 0. The Morgan fingerprint density at radius 2 is 1.61 bits per heavy atom. The molecule has 4 nitrogen and oxygen atoms in total. The van der Waals surface area contributed by atoms with E-state index >= 15 is 0 Å². The van der Waals surface area contributed by atoms with Crippen LogP contribution >= 0.6 is 0 Å². The van der Waals surface area contributed by atoms with Crippen molar-refractivity contribution < 1.29 is 18.6 Å². The minimum atomic E-state index is 0.664. The summed E-state index contributed by atoms with van der Waals surface area (Å²) in [5, 5.41) is 1.00. The number of ether oxygens (including phenoxy) is 3. The topological polar surface area (TPSA) is 39.0 Å². The van der Waals surface area contributed by atoms with Crippen molar-refractivity contribution in [3.05, 3.63) is 47.5 Å². The van der Waals surface area contributed by atoms with Gasteiger partial charge in [0.25, 0.3) is 0 Å². The van der Waals surface area contributed by atoms with E-state index in [2.05, 4.69) is 18.2 Å². The Morgan fingerprint density at radius 3 is 2.35 bits per heavy atom. The molecule has 0 bridgehead atoms. The molecule has 3 aromatic rings. The Hall–Kier alpha value is -2.75. The van der Waals surface area contributed by atoms with E-state index in [4.69, 9.17) is 18.6 Å². The summed E-state index contributed by atoms with van der Waals surface area (Å²) in [7, 11) is 4.94. The van der Waals surface area contributed by atoms with Gasteiger partial charge < -0.3 is 14.2 Å². The summed E-state index contributed by atoms with van der Waals surface area (Å²) in [6.07, 6.45) is 0.843. The number of methoxy groups -OCH3 is 3. The highest BCUT2D eigenvalue weighted by Gasteiger charge is 2.31. The SMILES string of the molecule is COc1ccc2c(c1)Cc1cc3cc(OC)c(OC)cc3[o+]c1-2. The van der Waals surface area contributed by atoms with Crippen LogP contribution in [-0.4, -0.2) is 21.3 Å². The van der Waals surface area contributed by atoms with Crippen LogP contribution in [0.3, 0.4) is 0 Å². The van der Waals surface area contributed by atoms with Crippen LogP contribution in [0.15, 0.2) is 40.8 Å². The highest BCUT2D eigenvalue weighted by atomic mass is 16.5. The third-order valence-corrected chi connectivity index (χ3v) is 4.29. The summed E-state index contributed by atoms with van der Waals surface area (Å²) in [5.74, 6) is 3.15. The van der Waals surface area contributed by atoms with Gasteiger partial charge in [-0.2, -0.15) is 0 Å². The van der Waals surface area contributed by atoms with Crippen LogP contribution in [0.25, 0.3) is 22.3 Å². The van der Waals surface area contributed by atoms with Gasteiger partial charge in [-0.3, -0.25) is 0 Å². The molecule has 0 unspecified atom stereocenters. The zero-order valence-corrected chi connectivity index (χ0v) is 13.3. The molecule has 4 heteroatoms. The lowest BCUT2D eigenvalue weighted by atomic mass is 10.1. The lowest BCUT2D eigenvalue weighted by Gasteiger charge is -2.05. The minimum Gasteiger partial charge on any atom is -0.497 e. The predicted molar refractivity (Wildman–Crippen MR) is 88.5 cm³/mol. The van der Waals surface area contributed by atoms with E-state index in [1.807, 2.05) is 18.2 Å². The van der Waals surface area contributed by atoms with Crippen molar-refractivity contribution in [1.82, 2.24) is 0 Å². The summed E-state index contributed by atoms with van der Waals surface area (Å²) in [6, 6.07) is 12.1. The van der Waals surface area contributed by atoms with E-state index in [0.717, 1.165) is 34.5 Å². The second-order valence-corrected chi connectivity index (χ2v) is 5.55. The van der Waals surface area contributed by atoms with Gasteiger partial charge in [0.05, 0.1) is 43.9 Å². The number of benzene rings is 2. The molecule has 0 amide bonds. The van der Waals surface area contributed by atoms with Crippen LogP contribution < -0.4 is 14.2 Å². The quantitative estimate of drug-likeness (QED) is 0.529. The van der Waals surface area contributed by atoms with Crippen molar-refractivity contribution in [3.63, 3.8) is 0 Å². The first-order valence-electron chi connectivity index (χ1n) is 7.42. The Kier molecular flexibility index (Phi) is 3.11. The van der Waals surface area contributed by atoms with E-state index in [1.54, 1.807) is 21.3 Å². The lowest BCUT2D eigenvalue weighted by molar-refractivity contribution is 0.355. The summed E-state index contributed by atoms with van der Waals surface area (Å²) < 4.78 is 22.2. The van der Waals surface area contributed by atoms with Gasteiger partial charge in [0, 0.05) is 12.5 Å². The first-order chi connectivity index (χ1) is 11.2. The van der Waals surface area contributed by atoms with Crippen LogP contribution in [0, 0.1) is 0 Å². The fourth-order valence-corrected chi connectivity index (χ4v) is 3.14. The van der Waals surface area contributed by atoms with E-state index in [0.29, 0.717) is 11.5 Å². The second-order valence-electron chi connectivity index (χ2n) is 5.55. The first kappa shape index (κ1) is 13.9. The highest BCUT2D eigenvalue weighted by Crippen LogP contribution is 2.42. The normalized spacial score (nSPS) is 12.0. The Morgan fingerprint density at radius 1 is 0.826 bits per heavy atom. The van der Waals surface area contributed by atoms with Gasteiger partial charge >= 0.3 is 11.3 Å². The summed E-state index contributed by atoms with van der Waals surface area (Å²) in [6.45, 7) is 0. The van der Waals surface area contributed by atoms with Gasteiger partial charge in [0.1, 0.15) is 5.75 Å². The molecule has 4 rings (SSSR count). The van der Waals surface area contributed by atoms with Crippen LogP contribution in [-0.2, 0) is 6.42 Å². The van der Waals surface area contributed by atoms with E-state index in [-0.39, 0.29) is 0 Å². The van der Waals surface area contributed by atoms with Crippen molar-refractivity contribution in [2.75, 3.05) is 21.3 Å². The molecule has 116 valence electrons. The van der Waals surface area contributed by atoms with Crippen molar-refractivity contribution in [2.24, 2.45) is 0 Å². The smallest absolute Gasteiger partial charge is 0.364 e. The van der Waals surface area contributed by atoms with Crippen LogP contribution in [0.2, 0.25) is 0 Å². The molecular weight excluding hydrogens is 292 g/mol. The van der Waals surface area contributed by atoms with Crippen LogP contribution in [0.5, 0.6) is 17.2 Å². The van der Waals surface area contributed by atoms with Crippen LogP contribution in [0.4, 0.5) is 0 Å². The van der Waals surface area contributed by atoms with Crippen molar-refractivity contribution >= 4 is 11.0 Å². The third kappa shape index (κ3) is 2.10. The summed E-state index contributed by atoms with van der Waals surface area (Å²) in [4.78, 5) is 0. The molecule has 1 heterocycles. The molecule has 2 aromatic carbocycles. The minimum absolute atomic E-state index is 0.664.